The van der Waals surface area contributed by atoms with Crippen LogP contribution in [0.3, 0.4) is 0 Å². The van der Waals surface area contributed by atoms with Gasteiger partial charge in [0.1, 0.15) is 0 Å². The fraction of sp³-hybridized carbons (Fsp3) is 0.571. The zero-order valence-electron chi connectivity index (χ0n) is 10.3. The Balaban J connectivity index is 1.97. The molecule has 0 radical (unpaired) electrons. The summed E-state index contributed by atoms with van der Waals surface area (Å²) >= 11 is 0. The largest absolute Gasteiger partial charge is 0.376 e. The third-order valence-electron chi connectivity index (χ3n) is 3.33. The van der Waals surface area contributed by atoms with Crippen LogP contribution in [0.5, 0.6) is 0 Å². The molecule has 0 aliphatic carbocycles. The van der Waals surface area contributed by atoms with E-state index in [0.717, 1.165) is 32.7 Å². The Bertz CT molecular complexity index is 337. The van der Waals surface area contributed by atoms with Crippen molar-refractivity contribution in [2.75, 3.05) is 19.7 Å². The third-order valence-corrected chi connectivity index (χ3v) is 3.33. The first-order valence-electron chi connectivity index (χ1n) is 6.18. The smallest absolute Gasteiger partial charge is 0.0700 e. The molecule has 0 N–H and O–H groups in total. The van der Waals surface area contributed by atoms with Gasteiger partial charge in [-0.1, -0.05) is 31.2 Å². The second-order valence-electron chi connectivity index (χ2n) is 4.56. The first-order valence-corrected chi connectivity index (χ1v) is 6.18. The van der Waals surface area contributed by atoms with Gasteiger partial charge in [0.25, 0.3) is 0 Å². The number of hydrogen-bond acceptors (Lipinski definition) is 2. The molecule has 1 saturated heterocycles. The molecule has 0 saturated carbocycles. The predicted molar refractivity (Wildman–Crippen MR) is 66.5 cm³/mol. The fourth-order valence-electron chi connectivity index (χ4n) is 2.20. The molecule has 88 valence electrons. The molecule has 1 unspecified atom stereocenters. The average molecular weight is 219 g/mol. The highest BCUT2D eigenvalue weighted by atomic mass is 16.5. The van der Waals surface area contributed by atoms with Crippen LogP contribution >= 0.6 is 0 Å². The summed E-state index contributed by atoms with van der Waals surface area (Å²) in [5, 5.41) is 0. The van der Waals surface area contributed by atoms with Gasteiger partial charge in [0, 0.05) is 19.6 Å². The molecule has 2 nitrogen and oxygen atoms in total. The van der Waals surface area contributed by atoms with E-state index in [2.05, 4.69) is 43.0 Å². The van der Waals surface area contributed by atoms with E-state index < -0.39 is 0 Å². The van der Waals surface area contributed by atoms with E-state index >= 15 is 0 Å². The maximum Gasteiger partial charge on any atom is 0.0700 e. The number of morpholine rings is 1. The van der Waals surface area contributed by atoms with Gasteiger partial charge in [0.05, 0.1) is 12.7 Å². The molecule has 1 fully saturated rings. The molecule has 1 atom stereocenters. The number of hydrogen-bond donors (Lipinski definition) is 0. The van der Waals surface area contributed by atoms with E-state index in [4.69, 9.17) is 4.74 Å². The Morgan fingerprint density at radius 2 is 2.19 bits per heavy atom. The van der Waals surface area contributed by atoms with Crippen molar-refractivity contribution in [1.82, 2.24) is 4.90 Å². The lowest BCUT2D eigenvalue weighted by atomic mass is 10.1. The van der Waals surface area contributed by atoms with Gasteiger partial charge in [0.15, 0.2) is 0 Å². The van der Waals surface area contributed by atoms with Gasteiger partial charge in [-0.15, -0.1) is 0 Å². The van der Waals surface area contributed by atoms with Gasteiger partial charge in [0.2, 0.25) is 0 Å². The lowest BCUT2D eigenvalue weighted by Gasteiger charge is -2.32. The van der Waals surface area contributed by atoms with Crippen molar-refractivity contribution < 1.29 is 4.74 Å². The molecule has 2 rings (SSSR count). The van der Waals surface area contributed by atoms with Crippen molar-refractivity contribution in [2.24, 2.45) is 0 Å². The second-order valence-corrected chi connectivity index (χ2v) is 4.56. The Labute approximate surface area is 98.2 Å². The van der Waals surface area contributed by atoms with Gasteiger partial charge >= 0.3 is 0 Å². The lowest BCUT2D eigenvalue weighted by Crippen LogP contribution is -2.41. The summed E-state index contributed by atoms with van der Waals surface area (Å²) in [6.45, 7) is 8.46. The fourth-order valence-corrected chi connectivity index (χ4v) is 2.20. The molecule has 1 aromatic rings. The van der Waals surface area contributed by atoms with Crippen molar-refractivity contribution in [3.63, 3.8) is 0 Å². The molecule has 1 aliphatic heterocycles. The Kier molecular flexibility index (Phi) is 3.97. The third kappa shape index (κ3) is 2.83. The molecule has 1 heterocycles. The van der Waals surface area contributed by atoms with Gasteiger partial charge in [-0.3, -0.25) is 4.90 Å². The van der Waals surface area contributed by atoms with E-state index in [0.29, 0.717) is 6.10 Å². The standard InChI is InChI=1S/C14H21NO/c1-3-14-11-15(8-9-16-14)10-13-7-5-4-6-12(13)2/h4-7,14H,3,8-11H2,1-2H3. The maximum absolute atomic E-state index is 5.68. The quantitative estimate of drug-likeness (QED) is 0.775. The monoisotopic (exact) mass is 219 g/mol. The number of rotatable bonds is 3. The molecular formula is C14H21NO. The van der Waals surface area contributed by atoms with Gasteiger partial charge < -0.3 is 4.74 Å². The zero-order chi connectivity index (χ0) is 11.4. The van der Waals surface area contributed by atoms with Crippen LogP contribution in [0.2, 0.25) is 0 Å². The summed E-state index contributed by atoms with van der Waals surface area (Å²) in [5.41, 5.74) is 2.83. The van der Waals surface area contributed by atoms with Crippen molar-refractivity contribution in [3.8, 4) is 0 Å². The predicted octanol–water partition coefficient (Wildman–Crippen LogP) is 2.61. The summed E-state index contributed by atoms with van der Waals surface area (Å²) in [6, 6.07) is 8.64. The number of benzene rings is 1. The zero-order valence-corrected chi connectivity index (χ0v) is 10.3. The second kappa shape index (κ2) is 5.46. The highest BCUT2D eigenvalue weighted by Crippen LogP contribution is 2.14. The normalized spacial score (nSPS) is 22.2. The van der Waals surface area contributed by atoms with Crippen LogP contribution in [0.25, 0.3) is 0 Å². The molecule has 1 aromatic carbocycles. The van der Waals surface area contributed by atoms with Crippen LogP contribution in [-0.2, 0) is 11.3 Å². The number of nitrogens with zero attached hydrogens (tertiary/aromatic N) is 1. The topological polar surface area (TPSA) is 12.5 Å². The lowest BCUT2D eigenvalue weighted by molar-refractivity contribution is -0.0325. The van der Waals surface area contributed by atoms with Gasteiger partial charge in [-0.2, -0.15) is 0 Å². The Hall–Kier alpha value is -0.860. The summed E-state index contributed by atoms with van der Waals surface area (Å²) in [4.78, 5) is 2.50. The molecule has 0 aromatic heterocycles. The van der Waals surface area contributed by atoms with E-state index in [9.17, 15) is 0 Å². The summed E-state index contributed by atoms with van der Waals surface area (Å²) in [6.07, 6.45) is 1.54. The summed E-state index contributed by atoms with van der Waals surface area (Å²) < 4.78 is 5.68. The molecule has 0 amide bonds. The molecule has 0 spiro atoms. The van der Waals surface area contributed by atoms with Crippen molar-refractivity contribution in [3.05, 3.63) is 35.4 Å². The SMILES string of the molecule is CCC1CN(Cc2ccccc2C)CCO1. The van der Waals surface area contributed by atoms with Crippen LogP contribution in [0.1, 0.15) is 24.5 Å². The van der Waals surface area contributed by atoms with E-state index in [1.54, 1.807) is 0 Å². The highest BCUT2D eigenvalue weighted by Gasteiger charge is 2.18. The minimum Gasteiger partial charge on any atom is -0.376 e. The minimum absolute atomic E-state index is 0.428. The van der Waals surface area contributed by atoms with Crippen LogP contribution in [0.4, 0.5) is 0 Å². The van der Waals surface area contributed by atoms with Gasteiger partial charge in [-0.05, 0) is 24.5 Å². The Morgan fingerprint density at radius 1 is 1.38 bits per heavy atom. The van der Waals surface area contributed by atoms with Crippen LogP contribution in [0.15, 0.2) is 24.3 Å². The van der Waals surface area contributed by atoms with Gasteiger partial charge in [-0.25, -0.2) is 0 Å². The Morgan fingerprint density at radius 3 is 2.94 bits per heavy atom. The average Bonchev–Trinajstić information content (AvgIpc) is 2.32. The first-order chi connectivity index (χ1) is 7.79. The highest BCUT2D eigenvalue weighted by molar-refractivity contribution is 5.25. The minimum atomic E-state index is 0.428. The maximum atomic E-state index is 5.68. The molecule has 2 heteroatoms. The van der Waals surface area contributed by atoms with Crippen molar-refractivity contribution >= 4 is 0 Å². The molecule has 0 bridgehead atoms. The summed E-state index contributed by atoms with van der Waals surface area (Å²) in [7, 11) is 0. The number of aryl methyl sites for hydroxylation is 1. The van der Waals surface area contributed by atoms with E-state index in [-0.39, 0.29) is 0 Å². The summed E-state index contributed by atoms with van der Waals surface area (Å²) in [5.74, 6) is 0. The van der Waals surface area contributed by atoms with E-state index in [1.807, 2.05) is 0 Å². The molecule has 16 heavy (non-hydrogen) atoms. The van der Waals surface area contributed by atoms with E-state index in [1.165, 1.54) is 11.1 Å². The number of ether oxygens (including phenoxy) is 1. The first kappa shape index (κ1) is 11.6. The van der Waals surface area contributed by atoms with Crippen LogP contribution in [0, 0.1) is 6.92 Å². The van der Waals surface area contributed by atoms with Crippen molar-refractivity contribution in [2.45, 2.75) is 32.9 Å². The van der Waals surface area contributed by atoms with Crippen LogP contribution < -0.4 is 0 Å². The van der Waals surface area contributed by atoms with Crippen molar-refractivity contribution in [1.29, 1.82) is 0 Å². The molecule has 1 aliphatic rings. The van der Waals surface area contributed by atoms with Crippen LogP contribution in [-0.4, -0.2) is 30.7 Å². The molecular weight excluding hydrogens is 198 g/mol.